The topological polar surface area (TPSA) is 77.7 Å². The Hall–Kier alpha value is -2.54. The molecule has 0 fully saturated rings. The van der Waals surface area contributed by atoms with E-state index in [0.29, 0.717) is 33.7 Å². The van der Waals surface area contributed by atoms with Gasteiger partial charge in [-0.1, -0.05) is 25.4 Å². The number of hydrogen-bond acceptors (Lipinski definition) is 5. The number of nitrogens with zero attached hydrogens (tertiary/aromatic N) is 3. The number of carbonyl (C=O) groups excluding carboxylic acids is 1. The highest BCUT2D eigenvalue weighted by molar-refractivity contribution is 6.32. The fraction of sp³-hybridized carbons (Fsp3) is 0.353. The van der Waals surface area contributed by atoms with Gasteiger partial charge in [-0.3, -0.25) is 9.48 Å². The molecule has 1 aliphatic heterocycles. The molecule has 1 aliphatic rings. The number of ether oxygens (including phenoxy) is 2. The van der Waals surface area contributed by atoms with E-state index < -0.39 is 0 Å². The summed E-state index contributed by atoms with van der Waals surface area (Å²) in [7, 11) is 0. The van der Waals surface area contributed by atoms with Crippen molar-refractivity contribution in [3.05, 3.63) is 40.2 Å². The van der Waals surface area contributed by atoms with Crippen LogP contribution in [0.25, 0.3) is 0 Å². The molecule has 1 amide bonds. The van der Waals surface area contributed by atoms with Crippen LogP contribution in [-0.2, 0) is 6.54 Å². The monoisotopic (exact) mass is 362 g/mol. The van der Waals surface area contributed by atoms with Gasteiger partial charge in [-0.05, 0) is 31.0 Å². The Bertz CT molecular complexity index is 830. The van der Waals surface area contributed by atoms with Crippen molar-refractivity contribution in [2.24, 2.45) is 11.0 Å². The minimum absolute atomic E-state index is 0.163. The summed E-state index contributed by atoms with van der Waals surface area (Å²) in [6.45, 7) is 6.91. The third-order valence-corrected chi connectivity index (χ3v) is 4.04. The molecule has 0 radical (unpaired) electrons. The van der Waals surface area contributed by atoms with E-state index in [1.54, 1.807) is 22.9 Å². The second kappa shape index (κ2) is 7.14. The number of rotatable bonds is 5. The van der Waals surface area contributed by atoms with Gasteiger partial charge in [0, 0.05) is 12.1 Å². The van der Waals surface area contributed by atoms with Crippen LogP contribution in [0.2, 0.25) is 5.15 Å². The summed E-state index contributed by atoms with van der Waals surface area (Å²) >= 11 is 6.34. The average molecular weight is 363 g/mol. The van der Waals surface area contributed by atoms with Gasteiger partial charge in [0.1, 0.15) is 5.15 Å². The van der Waals surface area contributed by atoms with E-state index >= 15 is 0 Å². The first-order valence-corrected chi connectivity index (χ1v) is 8.29. The zero-order chi connectivity index (χ0) is 18.0. The number of hydrazone groups is 1. The zero-order valence-electron chi connectivity index (χ0n) is 14.2. The lowest BCUT2D eigenvalue weighted by Crippen LogP contribution is -2.17. The molecule has 25 heavy (non-hydrogen) atoms. The van der Waals surface area contributed by atoms with Crippen LogP contribution in [0.3, 0.4) is 0 Å². The molecule has 0 atom stereocenters. The van der Waals surface area contributed by atoms with Crippen LogP contribution in [0.15, 0.2) is 23.3 Å². The van der Waals surface area contributed by atoms with Gasteiger partial charge in [-0.2, -0.15) is 10.2 Å². The van der Waals surface area contributed by atoms with Crippen molar-refractivity contribution in [1.82, 2.24) is 15.2 Å². The van der Waals surface area contributed by atoms with Crippen LogP contribution in [0, 0.1) is 12.8 Å². The summed E-state index contributed by atoms with van der Waals surface area (Å²) in [5.74, 6) is 1.25. The fourth-order valence-electron chi connectivity index (χ4n) is 2.44. The Morgan fingerprint density at radius 3 is 2.96 bits per heavy atom. The molecule has 1 aromatic heterocycles. The SMILES string of the molecule is Cc1nn(CC(C)C)c(Cl)c1/C=N\NC(=O)c1ccc2c(c1)OCO2. The predicted octanol–water partition coefficient (Wildman–Crippen LogP) is 2.99. The molecule has 0 spiro atoms. The number of nitrogens with one attached hydrogen (secondary N) is 1. The van der Waals surface area contributed by atoms with Gasteiger partial charge in [0.05, 0.1) is 17.5 Å². The van der Waals surface area contributed by atoms with Crippen molar-refractivity contribution >= 4 is 23.7 Å². The second-order valence-electron chi connectivity index (χ2n) is 6.13. The molecule has 0 aliphatic carbocycles. The first-order chi connectivity index (χ1) is 12.0. The van der Waals surface area contributed by atoms with Gasteiger partial charge in [-0.15, -0.1) is 0 Å². The quantitative estimate of drug-likeness (QED) is 0.655. The average Bonchev–Trinajstić information content (AvgIpc) is 3.13. The molecule has 8 heteroatoms. The van der Waals surface area contributed by atoms with Gasteiger partial charge < -0.3 is 9.47 Å². The number of aryl methyl sites for hydroxylation is 1. The lowest BCUT2D eigenvalue weighted by Gasteiger charge is -2.05. The Balaban J connectivity index is 1.69. The van der Waals surface area contributed by atoms with Crippen molar-refractivity contribution in [2.45, 2.75) is 27.3 Å². The zero-order valence-corrected chi connectivity index (χ0v) is 15.0. The Morgan fingerprint density at radius 2 is 2.20 bits per heavy atom. The lowest BCUT2D eigenvalue weighted by molar-refractivity contribution is 0.0954. The molecule has 0 unspecified atom stereocenters. The molecule has 0 bridgehead atoms. The number of hydrogen-bond donors (Lipinski definition) is 1. The van der Waals surface area contributed by atoms with E-state index in [4.69, 9.17) is 21.1 Å². The number of benzene rings is 1. The highest BCUT2D eigenvalue weighted by atomic mass is 35.5. The first kappa shape index (κ1) is 17.3. The standard InChI is InChI=1S/C17H19ClN4O3/c1-10(2)8-22-16(18)13(11(3)21-22)7-19-20-17(23)12-4-5-14-15(6-12)25-9-24-14/h4-7,10H,8-9H2,1-3H3,(H,20,23)/b19-7-. The lowest BCUT2D eigenvalue weighted by atomic mass is 10.2. The Labute approximate surface area is 150 Å². The molecule has 132 valence electrons. The van der Waals surface area contributed by atoms with Crippen LogP contribution >= 0.6 is 11.6 Å². The minimum atomic E-state index is -0.349. The van der Waals surface area contributed by atoms with E-state index in [9.17, 15) is 4.79 Å². The van der Waals surface area contributed by atoms with E-state index in [1.807, 2.05) is 6.92 Å². The van der Waals surface area contributed by atoms with Gasteiger partial charge in [0.2, 0.25) is 6.79 Å². The summed E-state index contributed by atoms with van der Waals surface area (Å²) < 4.78 is 12.2. The van der Waals surface area contributed by atoms with Gasteiger partial charge in [-0.25, -0.2) is 5.43 Å². The first-order valence-electron chi connectivity index (χ1n) is 7.91. The minimum Gasteiger partial charge on any atom is -0.454 e. The molecule has 3 rings (SSSR count). The molecule has 0 saturated heterocycles. The highest BCUT2D eigenvalue weighted by Gasteiger charge is 2.16. The van der Waals surface area contributed by atoms with E-state index in [2.05, 4.69) is 29.5 Å². The molecular weight excluding hydrogens is 344 g/mol. The van der Waals surface area contributed by atoms with Crippen molar-refractivity contribution in [1.29, 1.82) is 0 Å². The number of fused-ring (bicyclic) bond motifs is 1. The van der Waals surface area contributed by atoms with E-state index in [1.165, 1.54) is 6.21 Å². The van der Waals surface area contributed by atoms with Crippen molar-refractivity contribution in [2.75, 3.05) is 6.79 Å². The largest absolute Gasteiger partial charge is 0.454 e. The summed E-state index contributed by atoms with van der Waals surface area (Å²) in [5.41, 5.74) is 4.36. The summed E-state index contributed by atoms with van der Waals surface area (Å²) in [4.78, 5) is 12.2. The summed E-state index contributed by atoms with van der Waals surface area (Å²) in [5, 5.41) is 8.89. The van der Waals surface area contributed by atoms with Crippen LogP contribution in [-0.4, -0.2) is 28.7 Å². The normalized spacial score (nSPS) is 13.0. The fourth-order valence-corrected chi connectivity index (χ4v) is 2.73. The molecular formula is C17H19ClN4O3. The second-order valence-corrected chi connectivity index (χ2v) is 6.49. The van der Waals surface area contributed by atoms with Gasteiger partial charge in [0.15, 0.2) is 11.5 Å². The van der Waals surface area contributed by atoms with Crippen LogP contribution in [0.1, 0.15) is 35.5 Å². The van der Waals surface area contributed by atoms with Crippen molar-refractivity contribution in [3.63, 3.8) is 0 Å². The number of halogens is 1. The molecule has 0 saturated carbocycles. The third-order valence-electron chi connectivity index (χ3n) is 3.64. The van der Waals surface area contributed by atoms with Gasteiger partial charge >= 0.3 is 0 Å². The number of aromatic nitrogens is 2. The number of carbonyl (C=O) groups is 1. The van der Waals surface area contributed by atoms with Crippen LogP contribution < -0.4 is 14.9 Å². The highest BCUT2D eigenvalue weighted by Crippen LogP contribution is 2.32. The molecule has 1 aromatic carbocycles. The van der Waals surface area contributed by atoms with E-state index in [0.717, 1.165) is 12.2 Å². The Kier molecular flexibility index (Phi) is 4.94. The van der Waals surface area contributed by atoms with Crippen LogP contribution in [0.5, 0.6) is 11.5 Å². The molecule has 2 aromatic rings. The smallest absolute Gasteiger partial charge is 0.271 e. The maximum Gasteiger partial charge on any atom is 0.271 e. The maximum atomic E-state index is 12.2. The summed E-state index contributed by atoms with van der Waals surface area (Å²) in [6.07, 6.45) is 1.51. The van der Waals surface area contributed by atoms with Crippen LogP contribution in [0.4, 0.5) is 0 Å². The third kappa shape index (κ3) is 3.76. The molecule has 7 nitrogen and oxygen atoms in total. The van der Waals surface area contributed by atoms with Crippen molar-refractivity contribution in [3.8, 4) is 11.5 Å². The maximum absolute atomic E-state index is 12.2. The van der Waals surface area contributed by atoms with Gasteiger partial charge in [0.25, 0.3) is 5.91 Å². The molecule has 2 heterocycles. The Morgan fingerprint density at radius 1 is 1.44 bits per heavy atom. The number of amides is 1. The summed E-state index contributed by atoms with van der Waals surface area (Å²) in [6, 6.07) is 4.96. The molecule has 1 N–H and O–H groups in total. The predicted molar refractivity (Wildman–Crippen MR) is 94.4 cm³/mol. The van der Waals surface area contributed by atoms with E-state index in [-0.39, 0.29) is 12.7 Å². The van der Waals surface area contributed by atoms with Crippen molar-refractivity contribution < 1.29 is 14.3 Å².